The Hall–Kier alpha value is -8.21. The van der Waals surface area contributed by atoms with Gasteiger partial charge in [-0.15, -0.1) is 0 Å². The molecule has 12 rings (SSSR count). The summed E-state index contributed by atoms with van der Waals surface area (Å²) >= 11 is 0. The SMILES string of the molecule is c1ccc(-c2nc(-c3ccccc3)nc(-c3cccc(-c4ccc(-c5ccc(C6(c7ccc8c(c7)oc7ccccc78)c7ccccc7-c7ccccc76)cc5)cc4)c3)n2)cc1. The molecule has 2 heterocycles. The van der Waals surface area contributed by atoms with Crippen molar-refractivity contribution in [2.24, 2.45) is 0 Å². The van der Waals surface area contributed by atoms with E-state index in [1.807, 2.05) is 72.8 Å². The summed E-state index contributed by atoms with van der Waals surface area (Å²) in [5.41, 5.74) is 16.1. The Bertz CT molecular complexity index is 3340. The molecular formula is C58H37N3O. The van der Waals surface area contributed by atoms with Crippen LogP contribution in [0.2, 0.25) is 0 Å². The Morgan fingerprint density at radius 3 is 1.37 bits per heavy atom. The smallest absolute Gasteiger partial charge is 0.164 e. The molecule has 290 valence electrons. The summed E-state index contributed by atoms with van der Waals surface area (Å²) in [7, 11) is 0. The first-order chi connectivity index (χ1) is 30.7. The minimum atomic E-state index is -0.532. The van der Waals surface area contributed by atoms with Crippen LogP contribution in [-0.2, 0) is 5.41 Å². The van der Waals surface area contributed by atoms with Gasteiger partial charge >= 0.3 is 0 Å². The molecule has 62 heavy (non-hydrogen) atoms. The van der Waals surface area contributed by atoms with E-state index >= 15 is 0 Å². The topological polar surface area (TPSA) is 51.8 Å². The van der Waals surface area contributed by atoms with E-state index in [0.717, 1.165) is 60.9 Å². The fourth-order valence-electron chi connectivity index (χ4n) is 9.53. The molecule has 0 aliphatic heterocycles. The van der Waals surface area contributed by atoms with Gasteiger partial charge in [-0.3, -0.25) is 0 Å². The second kappa shape index (κ2) is 14.5. The largest absolute Gasteiger partial charge is 0.456 e. The molecule has 0 saturated carbocycles. The summed E-state index contributed by atoms with van der Waals surface area (Å²) in [5, 5.41) is 2.26. The fourth-order valence-corrected chi connectivity index (χ4v) is 9.53. The molecular weight excluding hydrogens is 755 g/mol. The lowest BCUT2D eigenvalue weighted by Crippen LogP contribution is -2.28. The zero-order valence-electron chi connectivity index (χ0n) is 33.6. The Kier molecular flexibility index (Phi) is 8.36. The van der Waals surface area contributed by atoms with Crippen molar-refractivity contribution < 1.29 is 4.42 Å². The highest BCUT2D eigenvalue weighted by molar-refractivity contribution is 6.05. The van der Waals surface area contributed by atoms with Gasteiger partial charge in [-0.25, -0.2) is 15.0 Å². The van der Waals surface area contributed by atoms with Crippen LogP contribution in [-0.4, -0.2) is 15.0 Å². The summed E-state index contributed by atoms with van der Waals surface area (Å²) in [4.78, 5) is 14.8. The van der Waals surface area contributed by atoms with Gasteiger partial charge in [-0.2, -0.15) is 0 Å². The lowest BCUT2D eigenvalue weighted by Gasteiger charge is -2.34. The predicted molar refractivity (Wildman–Crippen MR) is 252 cm³/mol. The number of rotatable bonds is 7. The van der Waals surface area contributed by atoms with Crippen molar-refractivity contribution in [1.29, 1.82) is 0 Å². The van der Waals surface area contributed by atoms with E-state index in [9.17, 15) is 0 Å². The van der Waals surface area contributed by atoms with E-state index in [-0.39, 0.29) is 0 Å². The van der Waals surface area contributed by atoms with Crippen LogP contribution in [0.15, 0.2) is 229 Å². The molecule has 11 aromatic rings. The Morgan fingerprint density at radius 2 is 0.742 bits per heavy atom. The van der Waals surface area contributed by atoms with E-state index in [2.05, 4.69) is 152 Å². The van der Waals surface area contributed by atoms with Crippen LogP contribution in [0.5, 0.6) is 0 Å². The van der Waals surface area contributed by atoms with Crippen molar-refractivity contribution in [3.05, 3.63) is 247 Å². The molecule has 9 aromatic carbocycles. The van der Waals surface area contributed by atoms with Crippen molar-refractivity contribution in [3.63, 3.8) is 0 Å². The summed E-state index contributed by atoms with van der Waals surface area (Å²) in [6.07, 6.45) is 0. The van der Waals surface area contributed by atoms with Gasteiger partial charge in [0.25, 0.3) is 0 Å². The maximum absolute atomic E-state index is 6.49. The van der Waals surface area contributed by atoms with Crippen LogP contribution in [0, 0.1) is 0 Å². The van der Waals surface area contributed by atoms with E-state index < -0.39 is 5.41 Å². The molecule has 0 atom stereocenters. The molecule has 0 spiro atoms. The predicted octanol–water partition coefficient (Wildman–Crippen LogP) is 14.5. The number of hydrogen-bond donors (Lipinski definition) is 0. The Labute approximate surface area is 359 Å². The second-order valence-corrected chi connectivity index (χ2v) is 15.9. The van der Waals surface area contributed by atoms with Crippen LogP contribution in [0.1, 0.15) is 22.3 Å². The number of hydrogen-bond acceptors (Lipinski definition) is 4. The van der Waals surface area contributed by atoms with E-state index in [1.165, 1.54) is 33.4 Å². The third-order valence-corrected chi connectivity index (χ3v) is 12.5. The Morgan fingerprint density at radius 1 is 0.290 bits per heavy atom. The molecule has 0 radical (unpaired) electrons. The highest BCUT2D eigenvalue weighted by Crippen LogP contribution is 2.56. The highest BCUT2D eigenvalue weighted by Gasteiger charge is 2.46. The van der Waals surface area contributed by atoms with Gasteiger partial charge in [0.15, 0.2) is 17.5 Å². The summed E-state index contributed by atoms with van der Waals surface area (Å²) in [6, 6.07) is 79.5. The average Bonchev–Trinajstić information content (AvgIpc) is 3.88. The third-order valence-electron chi connectivity index (χ3n) is 12.5. The average molecular weight is 792 g/mol. The number of aromatic nitrogens is 3. The number of benzene rings is 9. The van der Waals surface area contributed by atoms with Crippen LogP contribution in [0.3, 0.4) is 0 Å². The van der Waals surface area contributed by atoms with Gasteiger partial charge in [-0.1, -0.05) is 206 Å². The molecule has 1 aliphatic rings. The van der Waals surface area contributed by atoms with Crippen molar-refractivity contribution in [3.8, 4) is 67.5 Å². The molecule has 2 aromatic heterocycles. The lowest BCUT2D eigenvalue weighted by molar-refractivity contribution is 0.665. The van der Waals surface area contributed by atoms with E-state index in [4.69, 9.17) is 19.4 Å². The van der Waals surface area contributed by atoms with Crippen molar-refractivity contribution in [1.82, 2.24) is 15.0 Å². The van der Waals surface area contributed by atoms with Gasteiger partial charge in [0.05, 0.1) is 5.41 Å². The maximum atomic E-state index is 6.49. The van der Waals surface area contributed by atoms with Gasteiger partial charge < -0.3 is 4.42 Å². The zero-order chi connectivity index (χ0) is 41.0. The van der Waals surface area contributed by atoms with Crippen LogP contribution in [0.4, 0.5) is 0 Å². The van der Waals surface area contributed by atoms with Crippen LogP contribution >= 0.6 is 0 Å². The second-order valence-electron chi connectivity index (χ2n) is 15.9. The maximum Gasteiger partial charge on any atom is 0.164 e. The van der Waals surface area contributed by atoms with E-state index in [0.29, 0.717) is 17.5 Å². The molecule has 0 amide bonds. The minimum Gasteiger partial charge on any atom is -0.456 e. The first kappa shape index (κ1) is 35.7. The monoisotopic (exact) mass is 791 g/mol. The fraction of sp³-hybridized carbons (Fsp3) is 0.0172. The molecule has 1 aliphatic carbocycles. The van der Waals surface area contributed by atoms with Crippen molar-refractivity contribution in [2.75, 3.05) is 0 Å². The molecule has 4 nitrogen and oxygen atoms in total. The molecule has 0 fully saturated rings. The molecule has 0 saturated heterocycles. The normalized spacial score (nSPS) is 12.6. The summed E-state index contributed by atoms with van der Waals surface area (Å²) < 4.78 is 6.49. The molecule has 0 unspecified atom stereocenters. The molecule has 4 heteroatoms. The number of para-hydroxylation sites is 1. The number of fused-ring (bicyclic) bond motifs is 6. The van der Waals surface area contributed by atoms with Crippen LogP contribution < -0.4 is 0 Å². The Balaban J connectivity index is 0.906. The molecule has 0 bridgehead atoms. The first-order valence-corrected chi connectivity index (χ1v) is 21.0. The quantitative estimate of drug-likeness (QED) is 0.161. The lowest BCUT2D eigenvalue weighted by atomic mass is 9.67. The summed E-state index contributed by atoms with van der Waals surface area (Å²) in [6.45, 7) is 0. The standard InChI is InChI=1S/C58H37N3O/c1-3-14-41(15-4-1)55-59-56(42-16-5-2-6-17-42)61-57(60-55)44-19-13-18-43(36-44)40-28-26-38(27-29-40)39-30-32-45(33-31-39)58(51-23-10-7-20-47(51)48-21-8-11-24-52(48)58)46-34-35-50-49-22-9-12-25-53(49)62-54(50)37-46/h1-37H. The number of nitrogens with zero attached hydrogens (tertiary/aromatic N) is 3. The zero-order valence-corrected chi connectivity index (χ0v) is 33.6. The number of furan rings is 1. The minimum absolute atomic E-state index is 0.532. The van der Waals surface area contributed by atoms with Crippen LogP contribution in [0.25, 0.3) is 89.5 Å². The summed E-state index contributed by atoms with van der Waals surface area (Å²) in [5.74, 6) is 1.93. The van der Waals surface area contributed by atoms with Gasteiger partial charge in [0.1, 0.15) is 11.2 Å². The first-order valence-electron chi connectivity index (χ1n) is 21.0. The van der Waals surface area contributed by atoms with Crippen molar-refractivity contribution in [2.45, 2.75) is 5.41 Å². The van der Waals surface area contributed by atoms with Gasteiger partial charge in [0, 0.05) is 27.5 Å². The van der Waals surface area contributed by atoms with E-state index in [1.54, 1.807) is 0 Å². The molecule has 0 N–H and O–H groups in total. The van der Waals surface area contributed by atoms with Gasteiger partial charge in [0.2, 0.25) is 0 Å². The van der Waals surface area contributed by atoms with Crippen molar-refractivity contribution >= 4 is 21.9 Å². The van der Waals surface area contributed by atoms with Gasteiger partial charge in [-0.05, 0) is 73.8 Å². The highest BCUT2D eigenvalue weighted by atomic mass is 16.3. The third kappa shape index (κ3) is 5.80.